The van der Waals surface area contributed by atoms with Crippen LogP contribution in [0.2, 0.25) is 0 Å². The third-order valence-corrected chi connectivity index (χ3v) is 1.74. The van der Waals surface area contributed by atoms with E-state index in [1.54, 1.807) is 0 Å². The van der Waals surface area contributed by atoms with E-state index in [-0.39, 0.29) is 6.04 Å². The van der Waals surface area contributed by atoms with Gasteiger partial charge in [0.15, 0.2) is 0 Å². The van der Waals surface area contributed by atoms with Gasteiger partial charge < -0.3 is 10.4 Å². The second-order valence-electron chi connectivity index (χ2n) is 2.75. The maximum atomic E-state index is 10.9. The first-order valence-electron chi connectivity index (χ1n) is 3.84. The summed E-state index contributed by atoms with van der Waals surface area (Å²) in [5.41, 5.74) is 0. The predicted molar refractivity (Wildman–Crippen MR) is 42.9 cm³/mol. The minimum absolute atomic E-state index is 0.129. The van der Waals surface area contributed by atoms with E-state index in [2.05, 4.69) is 5.32 Å². The van der Waals surface area contributed by atoms with Gasteiger partial charge in [-0.05, 0) is 12.8 Å². The van der Waals surface area contributed by atoms with Crippen LogP contribution in [-0.2, 0) is 14.4 Å². The molecule has 0 unspecified atom stereocenters. The zero-order chi connectivity index (χ0) is 9.84. The summed E-state index contributed by atoms with van der Waals surface area (Å²) in [4.78, 5) is 31.6. The topological polar surface area (TPSA) is 83.5 Å². The number of carboxylic acid groups (broad SMARTS) is 1. The minimum atomic E-state index is -1.72. The van der Waals surface area contributed by atoms with Crippen LogP contribution in [-0.4, -0.2) is 28.8 Å². The number of rotatable bonds is 3. The van der Waals surface area contributed by atoms with E-state index in [1.807, 2.05) is 12.2 Å². The maximum Gasteiger partial charge on any atom is 0.382 e. The first-order chi connectivity index (χ1) is 6.11. The van der Waals surface area contributed by atoms with Crippen molar-refractivity contribution in [1.82, 2.24) is 5.32 Å². The lowest BCUT2D eigenvalue weighted by molar-refractivity contribution is -0.153. The van der Waals surface area contributed by atoms with E-state index >= 15 is 0 Å². The second kappa shape index (κ2) is 3.84. The van der Waals surface area contributed by atoms with Gasteiger partial charge in [-0.15, -0.1) is 0 Å². The molecule has 1 amide bonds. The summed E-state index contributed by atoms with van der Waals surface area (Å²) >= 11 is 0. The van der Waals surface area contributed by atoms with Gasteiger partial charge in [-0.2, -0.15) is 0 Å². The van der Waals surface area contributed by atoms with Crippen LogP contribution in [0.1, 0.15) is 12.8 Å². The minimum Gasteiger partial charge on any atom is -0.475 e. The maximum absolute atomic E-state index is 10.9. The molecule has 0 bridgehead atoms. The van der Waals surface area contributed by atoms with Gasteiger partial charge in [-0.1, -0.05) is 12.2 Å². The van der Waals surface area contributed by atoms with Crippen LogP contribution in [0.4, 0.5) is 0 Å². The van der Waals surface area contributed by atoms with Crippen LogP contribution in [0.25, 0.3) is 0 Å². The molecule has 1 rings (SSSR count). The van der Waals surface area contributed by atoms with Crippen molar-refractivity contribution < 1.29 is 19.5 Å². The van der Waals surface area contributed by atoms with Crippen molar-refractivity contribution in [1.29, 1.82) is 0 Å². The molecule has 0 heterocycles. The highest BCUT2D eigenvalue weighted by molar-refractivity contribution is 6.61. The van der Waals surface area contributed by atoms with Gasteiger partial charge in [0, 0.05) is 6.04 Å². The monoisotopic (exact) mass is 183 g/mol. The molecule has 1 aliphatic carbocycles. The Labute approximate surface area is 74.4 Å². The molecule has 0 saturated carbocycles. The number of nitrogens with one attached hydrogen (secondary N) is 1. The number of hydrogen-bond acceptors (Lipinski definition) is 3. The van der Waals surface area contributed by atoms with Crippen LogP contribution in [0.5, 0.6) is 0 Å². The van der Waals surface area contributed by atoms with Crippen LogP contribution in [0.15, 0.2) is 12.2 Å². The van der Waals surface area contributed by atoms with Gasteiger partial charge in [-0.25, -0.2) is 4.79 Å². The average molecular weight is 183 g/mol. The summed E-state index contributed by atoms with van der Waals surface area (Å²) in [5, 5.41) is 10.5. The summed E-state index contributed by atoms with van der Waals surface area (Å²) in [6.07, 6.45) is 5.05. The Morgan fingerprint density at radius 1 is 1.23 bits per heavy atom. The highest BCUT2D eigenvalue weighted by Crippen LogP contribution is 2.08. The fourth-order valence-electron chi connectivity index (χ4n) is 1.08. The largest absolute Gasteiger partial charge is 0.475 e. The number of carbonyl (C=O) groups excluding carboxylic acids is 2. The molecule has 0 aromatic carbocycles. The number of carbonyl (C=O) groups is 3. The Morgan fingerprint density at radius 2 is 1.77 bits per heavy atom. The van der Waals surface area contributed by atoms with Crippen molar-refractivity contribution in [3.05, 3.63) is 12.2 Å². The van der Waals surface area contributed by atoms with Crippen molar-refractivity contribution in [2.24, 2.45) is 0 Å². The number of aliphatic carboxylic acids is 1. The third kappa shape index (κ3) is 2.40. The zero-order valence-corrected chi connectivity index (χ0v) is 6.82. The zero-order valence-electron chi connectivity index (χ0n) is 6.82. The van der Waals surface area contributed by atoms with Gasteiger partial charge >= 0.3 is 11.8 Å². The summed E-state index contributed by atoms with van der Waals surface area (Å²) in [6.45, 7) is 0. The van der Waals surface area contributed by atoms with Crippen LogP contribution >= 0.6 is 0 Å². The molecule has 2 N–H and O–H groups in total. The summed E-state index contributed by atoms with van der Waals surface area (Å²) in [6, 6.07) is -0.129. The van der Waals surface area contributed by atoms with E-state index in [0.717, 1.165) is 0 Å². The van der Waals surface area contributed by atoms with Gasteiger partial charge in [-0.3, -0.25) is 9.59 Å². The number of ketones is 1. The van der Waals surface area contributed by atoms with Crippen molar-refractivity contribution in [2.75, 3.05) is 0 Å². The molecular formula is C8H9NO4. The second-order valence-corrected chi connectivity index (χ2v) is 2.75. The standard InChI is InChI=1S/C8H9NO4/c10-6(8(12)13)7(11)9-5-3-1-2-4-5/h1-2,5H,3-4H2,(H,9,11)(H,12,13). The van der Waals surface area contributed by atoms with Gasteiger partial charge in [0.1, 0.15) is 0 Å². The van der Waals surface area contributed by atoms with Crippen LogP contribution < -0.4 is 5.32 Å². The molecule has 0 fully saturated rings. The summed E-state index contributed by atoms with van der Waals surface area (Å²) < 4.78 is 0. The molecule has 13 heavy (non-hydrogen) atoms. The first-order valence-corrected chi connectivity index (χ1v) is 3.84. The highest BCUT2D eigenvalue weighted by atomic mass is 16.4. The van der Waals surface area contributed by atoms with Crippen LogP contribution in [0.3, 0.4) is 0 Å². The first kappa shape index (κ1) is 9.44. The predicted octanol–water partition coefficient (Wildman–Crippen LogP) is -0.525. The fourth-order valence-corrected chi connectivity index (χ4v) is 1.08. The van der Waals surface area contributed by atoms with Crippen molar-refractivity contribution >= 4 is 17.7 Å². The average Bonchev–Trinajstić information content (AvgIpc) is 2.55. The number of amides is 1. The molecule has 5 heteroatoms. The number of hydrogen-bond donors (Lipinski definition) is 2. The molecule has 5 nitrogen and oxygen atoms in total. The van der Waals surface area contributed by atoms with Gasteiger partial charge in [0.25, 0.3) is 5.91 Å². The molecular weight excluding hydrogens is 174 g/mol. The molecule has 0 spiro atoms. The third-order valence-electron chi connectivity index (χ3n) is 1.74. The normalized spacial score (nSPS) is 15.7. The van der Waals surface area contributed by atoms with Crippen molar-refractivity contribution in [3.63, 3.8) is 0 Å². The van der Waals surface area contributed by atoms with Gasteiger partial charge in [0.2, 0.25) is 0 Å². The van der Waals surface area contributed by atoms with E-state index in [9.17, 15) is 14.4 Å². The quantitative estimate of drug-likeness (QED) is 0.350. The van der Waals surface area contributed by atoms with Crippen LogP contribution in [0, 0.1) is 0 Å². The van der Waals surface area contributed by atoms with Crippen molar-refractivity contribution in [2.45, 2.75) is 18.9 Å². The lowest BCUT2D eigenvalue weighted by Crippen LogP contribution is -2.40. The Bertz CT molecular complexity index is 274. The number of Topliss-reactive ketones (excluding diaryl/α,β-unsaturated/α-hetero) is 1. The number of carboxylic acids is 1. The molecule has 1 aliphatic rings. The lowest BCUT2D eigenvalue weighted by Gasteiger charge is -2.09. The fraction of sp³-hybridized carbons (Fsp3) is 0.375. The molecule has 0 atom stereocenters. The smallest absolute Gasteiger partial charge is 0.382 e. The molecule has 70 valence electrons. The molecule has 0 aromatic rings. The summed E-state index contributed by atoms with van der Waals surface area (Å²) in [7, 11) is 0. The highest BCUT2D eigenvalue weighted by Gasteiger charge is 2.24. The Morgan fingerprint density at radius 3 is 2.23 bits per heavy atom. The van der Waals surface area contributed by atoms with E-state index in [0.29, 0.717) is 12.8 Å². The van der Waals surface area contributed by atoms with Gasteiger partial charge in [0.05, 0.1) is 0 Å². The SMILES string of the molecule is O=C(O)C(=O)C(=O)NC1CC=CC1. The Balaban J connectivity index is 2.41. The molecule has 0 saturated heterocycles. The summed E-state index contributed by atoms with van der Waals surface area (Å²) in [5.74, 6) is -4.17. The van der Waals surface area contributed by atoms with E-state index in [4.69, 9.17) is 5.11 Å². The Kier molecular flexibility index (Phi) is 2.79. The van der Waals surface area contributed by atoms with Crippen molar-refractivity contribution in [3.8, 4) is 0 Å². The van der Waals surface area contributed by atoms with E-state index < -0.39 is 17.7 Å². The lowest BCUT2D eigenvalue weighted by atomic mass is 10.2. The Hall–Kier alpha value is -1.65. The molecule has 0 aromatic heterocycles. The molecule has 0 aliphatic heterocycles. The van der Waals surface area contributed by atoms with E-state index in [1.165, 1.54) is 0 Å². The molecule has 0 radical (unpaired) electrons.